The van der Waals surface area contributed by atoms with Gasteiger partial charge in [-0.25, -0.2) is 4.98 Å². The largest absolute Gasteiger partial charge is 0.453 e. The van der Waals surface area contributed by atoms with Crippen LogP contribution in [0.25, 0.3) is 44.1 Å². The van der Waals surface area contributed by atoms with Crippen LogP contribution in [0.1, 0.15) is 0 Å². The van der Waals surface area contributed by atoms with Gasteiger partial charge in [0.15, 0.2) is 11.5 Å². The molecular formula is C56H37N7O. The number of hydrogen-bond acceptors (Lipinski definition) is 8. The number of rotatable bonds is 8. The fourth-order valence-electron chi connectivity index (χ4n) is 8.82. The number of anilines is 9. The summed E-state index contributed by atoms with van der Waals surface area (Å²) in [5.74, 6) is 1.39. The fourth-order valence-corrected chi connectivity index (χ4v) is 8.82. The molecule has 0 spiro atoms. The van der Waals surface area contributed by atoms with Gasteiger partial charge in [-0.2, -0.15) is 0 Å². The van der Waals surface area contributed by atoms with Gasteiger partial charge >= 0.3 is 0 Å². The van der Waals surface area contributed by atoms with Gasteiger partial charge in [-0.15, -0.1) is 0 Å². The van der Waals surface area contributed by atoms with Crippen molar-refractivity contribution in [2.24, 2.45) is 0 Å². The zero-order chi connectivity index (χ0) is 42.4. The van der Waals surface area contributed by atoms with Crippen LogP contribution in [0.15, 0.2) is 225 Å². The Hall–Kier alpha value is -8.88. The molecule has 8 nitrogen and oxygen atoms in total. The molecule has 0 bridgehead atoms. The molecule has 64 heavy (non-hydrogen) atoms. The van der Waals surface area contributed by atoms with Crippen molar-refractivity contribution >= 4 is 84.0 Å². The van der Waals surface area contributed by atoms with Crippen LogP contribution < -0.4 is 19.4 Å². The van der Waals surface area contributed by atoms with Gasteiger partial charge in [-0.3, -0.25) is 15.0 Å². The molecule has 8 heteroatoms. The monoisotopic (exact) mass is 823 g/mol. The number of pyridine rings is 2. The Bertz CT molecular complexity index is 3270. The van der Waals surface area contributed by atoms with Gasteiger partial charge in [-0.1, -0.05) is 103 Å². The Morgan fingerprint density at radius 3 is 1.33 bits per heavy atom. The summed E-state index contributed by atoms with van der Waals surface area (Å²) in [6.45, 7) is 0. The lowest BCUT2D eigenvalue weighted by molar-refractivity contribution is 0.477. The van der Waals surface area contributed by atoms with Gasteiger partial charge in [0.25, 0.3) is 0 Å². The van der Waals surface area contributed by atoms with Crippen LogP contribution in [-0.4, -0.2) is 19.9 Å². The minimum Gasteiger partial charge on any atom is -0.453 e. The predicted octanol–water partition coefficient (Wildman–Crippen LogP) is 14.9. The highest BCUT2D eigenvalue weighted by atomic mass is 16.5. The first-order valence-corrected chi connectivity index (χ1v) is 21.2. The van der Waals surface area contributed by atoms with Gasteiger partial charge in [0.1, 0.15) is 0 Å². The molecule has 0 fully saturated rings. The molecule has 4 heterocycles. The van der Waals surface area contributed by atoms with Crippen molar-refractivity contribution in [3.63, 3.8) is 0 Å². The highest BCUT2D eigenvalue weighted by molar-refractivity contribution is 6.21. The van der Waals surface area contributed by atoms with E-state index in [2.05, 4.69) is 172 Å². The van der Waals surface area contributed by atoms with E-state index in [0.717, 1.165) is 95.3 Å². The third-order valence-corrected chi connectivity index (χ3v) is 11.7. The van der Waals surface area contributed by atoms with Crippen molar-refractivity contribution in [3.8, 4) is 22.8 Å². The van der Waals surface area contributed by atoms with E-state index in [1.165, 1.54) is 0 Å². The molecule has 0 saturated heterocycles. The molecule has 302 valence electrons. The van der Waals surface area contributed by atoms with Crippen LogP contribution in [0.2, 0.25) is 0 Å². The molecule has 1 aliphatic heterocycles. The molecule has 0 aliphatic carbocycles. The minimum absolute atomic E-state index is 0.697. The number of ether oxygens (including phenoxy) is 1. The van der Waals surface area contributed by atoms with E-state index in [1.54, 1.807) is 12.4 Å². The van der Waals surface area contributed by atoms with E-state index in [0.29, 0.717) is 11.5 Å². The number of para-hydroxylation sites is 4. The van der Waals surface area contributed by atoms with Crippen LogP contribution in [0.3, 0.4) is 0 Å². The fraction of sp³-hybridized carbons (Fsp3) is 0. The van der Waals surface area contributed by atoms with Gasteiger partial charge in [-0.05, 0) is 91.0 Å². The summed E-state index contributed by atoms with van der Waals surface area (Å²) in [7, 11) is 0. The quantitative estimate of drug-likeness (QED) is 0.140. The molecule has 0 unspecified atom stereocenters. The minimum atomic E-state index is 0.697. The van der Waals surface area contributed by atoms with Crippen LogP contribution in [0.5, 0.6) is 11.5 Å². The van der Waals surface area contributed by atoms with Crippen molar-refractivity contribution in [1.82, 2.24) is 19.9 Å². The van der Waals surface area contributed by atoms with Gasteiger partial charge in [0, 0.05) is 75.0 Å². The second-order valence-corrected chi connectivity index (χ2v) is 15.6. The van der Waals surface area contributed by atoms with Crippen molar-refractivity contribution in [1.29, 1.82) is 0 Å². The molecule has 0 N–H and O–H groups in total. The molecule has 3 aromatic heterocycles. The van der Waals surface area contributed by atoms with E-state index in [1.807, 2.05) is 54.7 Å². The first kappa shape index (κ1) is 36.9. The maximum Gasteiger partial charge on any atom is 0.153 e. The summed E-state index contributed by atoms with van der Waals surface area (Å²) in [4.78, 5) is 26.9. The van der Waals surface area contributed by atoms with E-state index in [4.69, 9.17) is 24.7 Å². The summed E-state index contributed by atoms with van der Waals surface area (Å²) in [6.07, 6.45) is 5.41. The van der Waals surface area contributed by atoms with Crippen molar-refractivity contribution in [3.05, 3.63) is 225 Å². The molecule has 8 aromatic carbocycles. The van der Waals surface area contributed by atoms with E-state index in [9.17, 15) is 0 Å². The first-order valence-electron chi connectivity index (χ1n) is 21.2. The highest BCUT2D eigenvalue weighted by Gasteiger charge is 2.30. The molecule has 12 rings (SSSR count). The Morgan fingerprint density at radius 2 is 0.828 bits per heavy atom. The Morgan fingerprint density at radius 1 is 0.375 bits per heavy atom. The number of fused-ring (bicyclic) bond motifs is 8. The lowest BCUT2D eigenvalue weighted by Gasteiger charge is -2.35. The average Bonchev–Trinajstić information content (AvgIpc) is 3.37. The molecule has 0 saturated carbocycles. The maximum absolute atomic E-state index is 7.08. The first-order chi connectivity index (χ1) is 31.7. The normalized spacial score (nSPS) is 11.8. The second-order valence-electron chi connectivity index (χ2n) is 15.6. The molecular weight excluding hydrogens is 787 g/mol. The standard InChI is InChI=1S/C56H37N7O/c1-6-16-38(17-7-1)48-29-28-46-53-54(58-33-32-57-53)47-34-45(37-59-55(47)56(46)60-48)63-49-30-26-43(61(39-18-8-2-9-19-39)40-20-10-3-11-21-40)35-51(49)64-52-36-44(27-31-50(52)63)62(41-22-12-4-13-23-41)42-24-14-5-15-25-42/h1-37H. The summed E-state index contributed by atoms with van der Waals surface area (Å²) >= 11 is 0. The molecule has 11 aromatic rings. The van der Waals surface area contributed by atoms with E-state index in [-0.39, 0.29) is 0 Å². The smallest absolute Gasteiger partial charge is 0.153 e. The molecule has 0 radical (unpaired) electrons. The zero-order valence-corrected chi connectivity index (χ0v) is 34.4. The Kier molecular flexibility index (Phi) is 8.97. The van der Waals surface area contributed by atoms with Crippen LogP contribution in [0.4, 0.5) is 51.2 Å². The third kappa shape index (κ3) is 6.40. The van der Waals surface area contributed by atoms with Crippen molar-refractivity contribution < 1.29 is 4.74 Å². The van der Waals surface area contributed by atoms with E-state index >= 15 is 0 Å². The summed E-state index contributed by atoms with van der Waals surface area (Å²) in [6, 6.07) is 71.0. The number of hydrogen-bond donors (Lipinski definition) is 0. The lowest BCUT2D eigenvalue weighted by Crippen LogP contribution is -2.18. The van der Waals surface area contributed by atoms with Crippen molar-refractivity contribution in [2.75, 3.05) is 14.7 Å². The van der Waals surface area contributed by atoms with Gasteiger partial charge < -0.3 is 19.4 Å². The van der Waals surface area contributed by atoms with Crippen LogP contribution in [-0.2, 0) is 0 Å². The molecule has 0 atom stereocenters. The van der Waals surface area contributed by atoms with Gasteiger partial charge in [0.05, 0.1) is 51.0 Å². The third-order valence-electron chi connectivity index (χ3n) is 11.7. The lowest BCUT2D eigenvalue weighted by atomic mass is 10.0. The molecule has 1 aliphatic rings. The number of nitrogens with zero attached hydrogens (tertiary/aromatic N) is 7. The number of aromatic nitrogens is 4. The zero-order valence-electron chi connectivity index (χ0n) is 34.4. The summed E-state index contributed by atoms with van der Waals surface area (Å²) in [5, 5.41) is 1.76. The SMILES string of the molecule is c1ccc(-c2ccc3c4nccnc4c4cc(N5c6ccc(N(c7ccccc7)c7ccccc7)cc6Oc6cc(N(c7ccccc7)c7ccccc7)ccc65)cnc4c3n2)cc1. The van der Waals surface area contributed by atoms with Crippen molar-refractivity contribution in [2.45, 2.75) is 0 Å². The Labute approximate surface area is 369 Å². The highest BCUT2D eigenvalue weighted by Crippen LogP contribution is 2.54. The maximum atomic E-state index is 7.08. The predicted molar refractivity (Wildman–Crippen MR) is 260 cm³/mol. The summed E-state index contributed by atoms with van der Waals surface area (Å²) < 4.78 is 7.08. The summed E-state index contributed by atoms with van der Waals surface area (Å²) in [5.41, 5.74) is 13.6. The van der Waals surface area contributed by atoms with Crippen LogP contribution in [0, 0.1) is 0 Å². The number of benzene rings is 8. The van der Waals surface area contributed by atoms with E-state index < -0.39 is 0 Å². The second kappa shape index (κ2) is 15.5. The van der Waals surface area contributed by atoms with Gasteiger partial charge in [0.2, 0.25) is 0 Å². The Balaban J connectivity index is 1.07. The average molecular weight is 824 g/mol. The topological polar surface area (TPSA) is 70.5 Å². The molecule has 0 amide bonds. The van der Waals surface area contributed by atoms with Crippen LogP contribution >= 0.6 is 0 Å².